The van der Waals surface area contributed by atoms with Gasteiger partial charge in [0, 0.05) is 18.7 Å². The Morgan fingerprint density at radius 3 is 2.25 bits per heavy atom. The van der Waals surface area contributed by atoms with Crippen LogP contribution in [0.1, 0.15) is 42.9 Å². The minimum Gasteiger partial charge on any atom is -0.497 e. The summed E-state index contributed by atoms with van der Waals surface area (Å²) in [5, 5.41) is 32.5. The number of hydrogen-bond acceptors (Lipinski definition) is 8. The number of aliphatic hydroxyl groups is 2. The molecule has 0 radical (unpaired) electrons. The van der Waals surface area contributed by atoms with E-state index in [2.05, 4.69) is 29.4 Å². The number of fused-ring (bicyclic) bond motifs is 3. The Morgan fingerprint density at radius 1 is 0.955 bits per heavy atom. The lowest BCUT2D eigenvalue weighted by atomic mass is 9.71. The normalized spacial score (nSPS) is 25.1. The molecule has 3 aromatic rings. The molecule has 0 spiro atoms. The second kappa shape index (κ2) is 13.2. The number of nitrogens with zero attached hydrogens (tertiary/aromatic N) is 1. The lowest BCUT2D eigenvalue weighted by Gasteiger charge is -2.40. The summed E-state index contributed by atoms with van der Waals surface area (Å²) in [5.41, 5.74) is -1.57. The van der Waals surface area contributed by atoms with Crippen molar-refractivity contribution in [1.29, 1.82) is 0 Å². The number of nitrogens with one attached hydrogen (secondary N) is 2. The first-order chi connectivity index (χ1) is 21.3. The molecule has 0 aromatic heterocycles. The average Bonchev–Trinajstić information content (AvgIpc) is 3.42. The molecule has 1 heterocycles. The van der Waals surface area contributed by atoms with Gasteiger partial charge in [-0.05, 0) is 61.5 Å². The summed E-state index contributed by atoms with van der Waals surface area (Å²) in [6.07, 6.45) is -0.456. The van der Waals surface area contributed by atoms with Crippen LogP contribution in [-0.2, 0) is 11.2 Å². The number of aliphatic hydroxyl groups excluding tert-OH is 1. The first-order valence-electron chi connectivity index (χ1n) is 15.1. The maximum absolute atomic E-state index is 13.1. The minimum atomic E-state index is -1.95. The highest BCUT2D eigenvalue weighted by molar-refractivity contribution is 7.80. The summed E-state index contributed by atoms with van der Waals surface area (Å²) in [6.45, 7) is 7.92. The molecule has 2 aliphatic rings. The van der Waals surface area contributed by atoms with Crippen LogP contribution in [0.4, 0.5) is 0 Å². The molecular weight excluding hydrogens is 578 g/mol. The zero-order valence-corrected chi connectivity index (χ0v) is 26.8. The molecular formula is C34H43N3O6S. The SMILES string of the molecule is CCN(CC)CCCNC(=S)N[C@H]1[C@@H](O)[C@@]2(O)c3c(OC)cc(OC)cc3O[C@@]2(c2ccc(OC)cc2)[C@@H]1c1ccccc1. The molecule has 3 aromatic carbocycles. The molecule has 0 unspecified atom stereocenters. The van der Waals surface area contributed by atoms with Crippen LogP contribution in [-0.4, -0.2) is 79.9 Å². The summed E-state index contributed by atoms with van der Waals surface area (Å²) >= 11 is 5.77. The quantitative estimate of drug-likeness (QED) is 0.176. The number of hydrogen-bond donors (Lipinski definition) is 4. The number of thiocarbonyl (C=S) groups is 1. The van der Waals surface area contributed by atoms with E-state index in [1.165, 1.54) is 7.11 Å². The Hall–Kier alpha value is -3.57. The fourth-order valence-corrected chi connectivity index (χ4v) is 7.15. The van der Waals surface area contributed by atoms with Gasteiger partial charge in [0.05, 0.1) is 38.9 Å². The van der Waals surface area contributed by atoms with Crippen LogP contribution in [0.25, 0.3) is 0 Å². The molecule has 1 saturated carbocycles. The number of benzene rings is 3. The lowest BCUT2D eigenvalue weighted by molar-refractivity contribution is -0.150. The Balaban J connectivity index is 1.62. The molecule has 1 aliphatic heterocycles. The van der Waals surface area contributed by atoms with Crippen molar-refractivity contribution in [3.05, 3.63) is 83.4 Å². The van der Waals surface area contributed by atoms with Gasteiger partial charge in [-0.1, -0.05) is 56.3 Å². The molecule has 0 amide bonds. The fourth-order valence-electron chi connectivity index (χ4n) is 6.91. The van der Waals surface area contributed by atoms with E-state index in [1.54, 1.807) is 26.4 Å². The lowest BCUT2D eigenvalue weighted by Crippen LogP contribution is -2.52. The molecule has 1 aliphatic carbocycles. The van der Waals surface area contributed by atoms with Crippen molar-refractivity contribution in [2.75, 3.05) is 47.5 Å². The van der Waals surface area contributed by atoms with Gasteiger partial charge in [-0.25, -0.2) is 0 Å². The van der Waals surface area contributed by atoms with Crippen molar-refractivity contribution in [3.8, 4) is 23.0 Å². The third-order valence-electron chi connectivity index (χ3n) is 9.09. The van der Waals surface area contributed by atoms with Crippen LogP contribution >= 0.6 is 12.2 Å². The van der Waals surface area contributed by atoms with Crippen molar-refractivity contribution in [2.24, 2.45) is 0 Å². The molecule has 10 heteroatoms. The van der Waals surface area contributed by atoms with Crippen molar-refractivity contribution in [2.45, 2.75) is 49.5 Å². The third kappa shape index (κ3) is 5.23. The maximum Gasteiger partial charge on any atom is 0.178 e. The van der Waals surface area contributed by atoms with E-state index in [-0.39, 0.29) is 0 Å². The second-order valence-electron chi connectivity index (χ2n) is 11.2. The van der Waals surface area contributed by atoms with E-state index in [0.717, 1.165) is 31.6 Å². The smallest absolute Gasteiger partial charge is 0.178 e. The predicted molar refractivity (Wildman–Crippen MR) is 174 cm³/mol. The molecule has 9 nitrogen and oxygen atoms in total. The van der Waals surface area contributed by atoms with Crippen molar-refractivity contribution < 1.29 is 29.2 Å². The summed E-state index contributed by atoms with van der Waals surface area (Å²) in [7, 11) is 4.68. The summed E-state index contributed by atoms with van der Waals surface area (Å²) in [6, 6.07) is 19.8. The zero-order valence-electron chi connectivity index (χ0n) is 26.0. The van der Waals surface area contributed by atoms with E-state index in [4.69, 9.17) is 31.2 Å². The van der Waals surface area contributed by atoms with Crippen LogP contribution < -0.4 is 29.6 Å². The van der Waals surface area contributed by atoms with Crippen LogP contribution in [0.3, 0.4) is 0 Å². The Morgan fingerprint density at radius 2 is 1.64 bits per heavy atom. The van der Waals surface area contributed by atoms with Gasteiger partial charge in [-0.15, -0.1) is 0 Å². The monoisotopic (exact) mass is 621 g/mol. The molecule has 5 atom stereocenters. The molecule has 0 saturated heterocycles. The number of methoxy groups -OCH3 is 3. The number of ether oxygens (including phenoxy) is 4. The van der Waals surface area contributed by atoms with Crippen LogP contribution in [0.2, 0.25) is 0 Å². The van der Waals surface area contributed by atoms with Crippen molar-refractivity contribution in [1.82, 2.24) is 15.5 Å². The molecule has 44 heavy (non-hydrogen) atoms. The molecule has 5 rings (SSSR count). The summed E-state index contributed by atoms with van der Waals surface area (Å²) < 4.78 is 23.7. The van der Waals surface area contributed by atoms with E-state index in [1.807, 2.05) is 54.6 Å². The molecule has 236 valence electrons. The van der Waals surface area contributed by atoms with E-state index < -0.39 is 29.3 Å². The first-order valence-corrected chi connectivity index (χ1v) is 15.5. The summed E-state index contributed by atoms with van der Waals surface area (Å²) in [4.78, 5) is 2.36. The predicted octanol–water partition coefficient (Wildman–Crippen LogP) is 3.91. The molecule has 4 N–H and O–H groups in total. The Kier molecular flexibility index (Phi) is 9.55. The van der Waals surface area contributed by atoms with Gasteiger partial charge < -0.3 is 44.7 Å². The van der Waals surface area contributed by atoms with Gasteiger partial charge >= 0.3 is 0 Å². The maximum atomic E-state index is 13.1. The van der Waals surface area contributed by atoms with Gasteiger partial charge in [0.1, 0.15) is 29.1 Å². The van der Waals surface area contributed by atoms with Crippen molar-refractivity contribution >= 4 is 17.3 Å². The van der Waals surface area contributed by atoms with Gasteiger partial charge in [0.25, 0.3) is 0 Å². The second-order valence-corrected chi connectivity index (χ2v) is 11.6. The highest BCUT2D eigenvalue weighted by atomic mass is 32.1. The average molecular weight is 622 g/mol. The third-order valence-corrected chi connectivity index (χ3v) is 9.35. The number of rotatable bonds is 12. The Bertz CT molecular complexity index is 1440. The topological polar surface area (TPSA) is 105 Å². The van der Waals surface area contributed by atoms with Gasteiger partial charge in [-0.3, -0.25) is 0 Å². The molecule has 1 fully saturated rings. The van der Waals surface area contributed by atoms with Gasteiger partial charge in [0.2, 0.25) is 0 Å². The van der Waals surface area contributed by atoms with E-state index in [0.29, 0.717) is 45.8 Å². The van der Waals surface area contributed by atoms with Crippen molar-refractivity contribution in [3.63, 3.8) is 0 Å². The highest BCUT2D eigenvalue weighted by Gasteiger charge is 2.77. The van der Waals surface area contributed by atoms with Crippen LogP contribution in [0.15, 0.2) is 66.7 Å². The standard InChI is InChI=1S/C34H43N3O6S/c1-6-37(7-2)19-11-18-35-32(44)36-30-28(22-12-9-8-10-13-22)34(23-14-16-24(40-3)17-15-23)33(39,31(30)38)29-26(42-5)20-25(41-4)21-27(29)43-34/h8-10,12-17,20-21,28,30-31,38-39H,6-7,11,18-19H2,1-5H3,(H2,35,36,44)/t28-,30-,31-,33+,34+/m1/s1. The first kappa shape index (κ1) is 31.8. The van der Waals surface area contributed by atoms with Crippen LogP contribution in [0, 0.1) is 0 Å². The Labute approximate surface area is 265 Å². The fraction of sp³-hybridized carbons (Fsp3) is 0.441. The van der Waals surface area contributed by atoms with Gasteiger partial charge in [0.15, 0.2) is 16.3 Å². The van der Waals surface area contributed by atoms with Gasteiger partial charge in [-0.2, -0.15) is 0 Å². The van der Waals surface area contributed by atoms with E-state index >= 15 is 0 Å². The molecule has 0 bridgehead atoms. The largest absolute Gasteiger partial charge is 0.497 e. The highest BCUT2D eigenvalue weighted by Crippen LogP contribution is 2.68. The summed E-state index contributed by atoms with van der Waals surface area (Å²) in [5.74, 6) is 1.28. The zero-order chi connectivity index (χ0) is 31.5. The van der Waals surface area contributed by atoms with E-state index in [9.17, 15) is 10.2 Å². The minimum absolute atomic E-state index is 0.348. The van der Waals surface area contributed by atoms with Crippen LogP contribution in [0.5, 0.6) is 23.0 Å².